The van der Waals surface area contributed by atoms with Crippen molar-refractivity contribution in [2.75, 3.05) is 6.26 Å². The molecule has 122 valence electrons. The van der Waals surface area contributed by atoms with Crippen molar-refractivity contribution in [2.24, 2.45) is 0 Å². The molecule has 24 heavy (non-hydrogen) atoms. The smallest absolute Gasteiger partial charge is 0.339 e. The molecule has 0 saturated carbocycles. The Morgan fingerprint density at radius 3 is 2.21 bits per heavy atom. The molecule has 0 unspecified atom stereocenters. The number of carbonyl (C=O) groups is 1. The second-order valence-corrected chi connectivity index (χ2v) is 7.29. The minimum absolute atomic E-state index is 0.0472. The maximum atomic E-state index is 11.5. The van der Waals surface area contributed by atoms with Gasteiger partial charge in [0.25, 0.3) is 0 Å². The molecule has 0 fully saturated rings. The number of rotatable bonds is 4. The average molecular weight is 342 g/mol. The third-order valence-electron chi connectivity index (χ3n) is 3.52. The first-order chi connectivity index (χ1) is 11.4. The summed E-state index contributed by atoms with van der Waals surface area (Å²) in [5, 5.41) is 13.8. The molecule has 3 rings (SSSR count). The maximum absolute atomic E-state index is 11.5. The van der Waals surface area contributed by atoms with E-state index in [2.05, 4.69) is 5.10 Å². The molecule has 0 bridgehead atoms. The first kappa shape index (κ1) is 15.9. The van der Waals surface area contributed by atoms with Crippen LogP contribution in [0, 0.1) is 0 Å². The van der Waals surface area contributed by atoms with Gasteiger partial charge in [-0.15, -0.1) is 0 Å². The third kappa shape index (κ3) is 3.07. The average Bonchev–Trinajstić information content (AvgIpc) is 3.00. The van der Waals surface area contributed by atoms with Crippen LogP contribution in [-0.4, -0.2) is 35.5 Å². The molecular formula is C17H14N2O4S. The van der Waals surface area contributed by atoms with Crippen molar-refractivity contribution in [1.82, 2.24) is 9.78 Å². The number of carboxylic acids is 1. The van der Waals surface area contributed by atoms with Gasteiger partial charge >= 0.3 is 5.97 Å². The lowest BCUT2D eigenvalue weighted by molar-refractivity contribution is 0.0697. The van der Waals surface area contributed by atoms with E-state index in [0.717, 1.165) is 11.9 Å². The van der Waals surface area contributed by atoms with Gasteiger partial charge in [0.2, 0.25) is 0 Å². The molecule has 0 aliphatic heterocycles. The summed E-state index contributed by atoms with van der Waals surface area (Å²) >= 11 is 0. The minimum Gasteiger partial charge on any atom is -0.478 e. The van der Waals surface area contributed by atoms with Gasteiger partial charge in [0.05, 0.1) is 10.6 Å². The molecule has 0 spiro atoms. The summed E-state index contributed by atoms with van der Waals surface area (Å²) in [6.07, 6.45) is 2.56. The zero-order valence-corrected chi connectivity index (χ0v) is 13.6. The van der Waals surface area contributed by atoms with Gasteiger partial charge in [-0.1, -0.05) is 30.3 Å². The van der Waals surface area contributed by atoms with Gasteiger partial charge in [0.15, 0.2) is 9.84 Å². The number of aromatic nitrogens is 2. The van der Waals surface area contributed by atoms with Crippen LogP contribution in [0.5, 0.6) is 0 Å². The Morgan fingerprint density at radius 2 is 1.67 bits per heavy atom. The Morgan fingerprint density at radius 1 is 1.04 bits per heavy atom. The lowest BCUT2D eigenvalue weighted by atomic mass is 10.1. The number of sulfone groups is 1. The van der Waals surface area contributed by atoms with Crippen molar-refractivity contribution in [3.63, 3.8) is 0 Å². The van der Waals surface area contributed by atoms with Crippen molar-refractivity contribution >= 4 is 15.8 Å². The highest BCUT2D eigenvalue weighted by Crippen LogP contribution is 2.25. The monoisotopic (exact) mass is 342 g/mol. The molecule has 0 atom stereocenters. The number of para-hydroxylation sites is 1. The number of hydrogen-bond donors (Lipinski definition) is 1. The molecule has 0 aliphatic rings. The number of nitrogens with zero attached hydrogens (tertiary/aromatic N) is 2. The second-order valence-electron chi connectivity index (χ2n) is 5.27. The van der Waals surface area contributed by atoms with Crippen LogP contribution in [0.2, 0.25) is 0 Å². The normalized spacial score (nSPS) is 11.4. The van der Waals surface area contributed by atoms with Crippen molar-refractivity contribution < 1.29 is 18.3 Å². The van der Waals surface area contributed by atoms with E-state index < -0.39 is 15.8 Å². The first-order valence-corrected chi connectivity index (χ1v) is 8.94. The highest BCUT2D eigenvalue weighted by atomic mass is 32.2. The highest BCUT2D eigenvalue weighted by Gasteiger charge is 2.18. The first-order valence-electron chi connectivity index (χ1n) is 7.05. The summed E-state index contributed by atoms with van der Waals surface area (Å²) in [5.74, 6) is -1.10. The molecule has 0 radical (unpaired) electrons. The third-order valence-corrected chi connectivity index (χ3v) is 4.65. The molecule has 1 N–H and O–H groups in total. The summed E-state index contributed by atoms with van der Waals surface area (Å²) in [6.45, 7) is 0. The van der Waals surface area contributed by atoms with E-state index in [-0.39, 0.29) is 16.2 Å². The van der Waals surface area contributed by atoms with E-state index in [1.54, 1.807) is 12.1 Å². The summed E-state index contributed by atoms with van der Waals surface area (Å²) in [5.41, 5.74) is 1.60. The quantitative estimate of drug-likeness (QED) is 0.787. The maximum Gasteiger partial charge on any atom is 0.339 e. The van der Waals surface area contributed by atoms with Crippen LogP contribution in [-0.2, 0) is 9.84 Å². The molecule has 0 saturated heterocycles. The van der Waals surface area contributed by atoms with Crippen LogP contribution < -0.4 is 0 Å². The Hall–Kier alpha value is -2.93. The van der Waals surface area contributed by atoms with E-state index in [4.69, 9.17) is 0 Å². The fourth-order valence-corrected chi connectivity index (χ4v) is 2.95. The van der Waals surface area contributed by atoms with Gasteiger partial charge in [-0.3, -0.25) is 0 Å². The van der Waals surface area contributed by atoms with E-state index in [1.165, 1.54) is 23.0 Å². The number of aromatic carboxylic acids is 1. The van der Waals surface area contributed by atoms with Gasteiger partial charge in [0, 0.05) is 18.0 Å². The Balaban J connectivity index is 2.10. The summed E-state index contributed by atoms with van der Waals surface area (Å²) in [4.78, 5) is 11.7. The Kier molecular flexibility index (Phi) is 3.94. The standard InChI is InChI=1S/C17H14N2O4S/c1-24(22,23)14-9-7-12(8-10-14)16-15(17(20)21)11-19(18-16)13-5-3-2-4-6-13/h2-11H,1H3,(H,20,21). The number of carboxylic acid groups (broad SMARTS) is 1. The summed E-state index contributed by atoms with van der Waals surface area (Å²) < 4.78 is 24.6. The molecule has 0 amide bonds. The number of hydrogen-bond acceptors (Lipinski definition) is 4. The van der Waals surface area contributed by atoms with Gasteiger partial charge in [-0.2, -0.15) is 5.10 Å². The molecule has 3 aromatic rings. The fourth-order valence-electron chi connectivity index (χ4n) is 2.32. The van der Waals surface area contributed by atoms with Crippen LogP contribution in [0.25, 0.3) is 16.9 Å². The van der Waals surface area contributed by atoms with Gasteiger partial charge < -0.3 is 5.11 Å². The summed E-state index contributed by atoms with van der Waals surface area (Å²) in [6, 6.07) is 15.1. The molecule has 7 heteroatoms. The van der Waals surface area contributed by atoms with Gasteiger partial charge in [-0.05, 0) is 24.3 Å². The van der Waals surface area contributed by atoms with Crippen molar-refractivity contribution in [2.45, 2.75) is 4.90 Å². The number of benzene rings is 2. The highest BCUT2D eigenvalue weighted by molar-refractivity contribution is 7.90. The Bertz CT molecular complexity index is 991. The lowest BCUT2D eigenvalue weighted by Gasteiger charge is -2.02. The van der Waals surface area contributed by atoms with Crippen LogP contribution in [0.4, 0.5) is 0 Å². The predicted molar refractivity (Wildman–Crippen MR) is 89.1 cm³/mol. The largest absolute Gasteiger partial charge is 0.478 e. The predicted octanol–water partition coefficient (Wildman–Crippen LogP) is 2.64. The molecular weight excluding hydrogens is 328 g/mol. The van der Waals surface area contributed by atoms with E-state index in [9.17, 15) is 18.3 Å². The second kappa shape index (κ2) is 5.93. The van der Waals surface area contributed by atoms with Crippen LogP contribution in [0.3, 0.4) is 0 Å². The SMILES string of the molecule is CS(=O)(=O)c1ccc(-c2nn(-c3ccccc3)cc2C(=O)O)cc1. The molecule has 2 aromatic carbocycles. The van der Waals surface area contributed by atoms with E-state index >= 15 is 0 Å². The van der Waals surface area contributed by atoms with Crippen molar-refractivity contribution in [3.8, 4) is 16.9 Å². The van der Waals surface area contributed by atoms with E-state index in [1.807, 2.05) is 30.3 Å². The zero-order chi connectivity index (χ0) is 17.3. The van der Waals surface area contributed by atoms with Crippen molar-refractivity contribution in [3.05, 3.63) is 66.4 Å². The molecule has 0 aliphatic carbocycles. The minimum atomic E-state index is -3.31. The molecule has 1 aromatic heterocycles. The fraction of sp³-hybridized carbons (Fsp3) is 0.0588. The molecule has 6 nitrogen and oxygen atoms in total. The van der Waals surface area contributed by atoms with Crippen molar-refractivity contribution in [1.29, 1.82) is 0 Å². The van der Waals surface area contributed by atoms with Gasteiger partial charge in [0.1, 0.15) is 11.3 Å². The lowest BCUT2D eigenvalue weighted by Crippen LogP contribution is -1.98. The van der Waals surface area contributed by atoms with Gasteiger partial charge in [-0.25, -0.2) is 17.9 Å². The van der Waals surface area contributed by atoms with Crippen LogP contribution >= 0.6 is 0 Å². The molecule has 1 heterocycles. The topological polar surface area (TPSA) is 89.3 Å². The zero-order valence-electron chi connectivity index (χ0n) is 12.7. The van der Waals surface area contributed by atoms with Crippen LogP contribution in [0.1, 0.15) is 10.4 Å². The Labute approximate surface area is 138 Å². The van der Waals surface area contributed by atoms with E-state index in [0.29, 0.717) is 5.56 Å². The summed E-state index contributed by atoms with van der Waals surface area (Å²) in [7, 11) is -3.31. The van der Waals surface area contributed by atoms with Crippen LogP contribution in [0.15, 0.2) is 65.7 Å².